The lowest BCUT2D eigenvalue weighted by molar-refractivity contribution is -0.121. The summed E-state index contributed by atoms with van der Waals surface area (Å²) in [4.78, 5) is 24.6. The van der Waals surface area contributed by atoms with E-state index in [1.807, 2.05) is 43.3 Å². The zero-order valence-electron chi connectivity index (χ0n) is 15.9. The summed E-state index contributed by atoms with van der Waals surface area (Å²) in [7, 11) is 0. The van der Waals surface area contributed by atoms with Crippen LogP contribution in [0, 0.1) is 0 Å². The number of hydrogen-bond donors (Lipinski definition) is 2. The molecule has 0 radical (unpaired) electrons. The van der Waals surface area contributed by atoms with Gasteiger partial charge in [-0.1, -0.05) is 30.3 Å². The molecule has 0 unspecified atom stereocenters. The molecule has 29 heavy (non-hydrogen) atoms. The molecule has 0 spiro atoms. The standard InChI is InChI=1S/C23H20N2O4/c1-2-28-18-10-7-16(8-11-18)23(27)25-24-21(26)13-17-14-29-20-12-9-15-5-3-4-6-19(15)22(17)20/h3-12,14H,2,13H2,1H3,(H,24,26)(H,25,27). The molecule has 2 amide bonds. The van der Waals surface area contributed by atoms with Crippen LogP contribution in [0.25, 0.3) is 21.7 Å². The van der Waals surface area contributed by atoms with Crippen LogP contribution >= 0.6 is 0 Å². The van der Waals surface area contributed by atoms with Crippen LogP contribution in [0.15, 0.2) is 71.3 Å². The molecule has 4 rings (SSSR count). The highest BCUT2D eigenvalue weighted by Gasteiger charge is 2.14. The van der Waals surface area contributed by atoms with E-state index in [0.29, 0.717) is 17.9 Å². The Kier molecular flexibility index (Phi) is 5.16. The monoisotopic (exact) mass is 388 g/mol. The number of amides is 2. The summed E-state index contributed by atoms with van der Waals surface area (Å²) in [5.74, 6) is -0.0454. The van der Waals surface area contributed by atoms with Gasteiger partial charge in [0, 0.05) is 16.5 Å². The molecule has 0 bridgehead atoms. The zero-order chi connectivity index (χ0) is 20.2. The van der Waals surface area contributed by atoms with E-state index in [0.717, 1.165) is 27.3 Å². The number of rotatable bonds is 5. The van der Waals surface area contributed by atoms with Crippen molar-refractivity contribution in [3.8, 4) is 5.75 Å². The Morgan fingerprint density at radius 1 is 0.966 bits per heavy atom. The van der Waals surface area contributed by atoms with Crippen molar-refractivity contribution in [1.82, 2.24) is 10.9 Å². The van der Waals surface area contributed by atoms with Crippen LogP contribution in [0.2, 0.25) is 0 Å². The van der Waals surface area contributed by atoms with Gasteiger partial charge in [0.15, 0.2) is 0 Å². The molecule has 146 valence electrons. The summed E-state index contributed by atoms with van der Waals surface area (Å²) < 4.78 is 11.0. The number of hydrazine groups is 1. The van der Waals surface area contributed by atoms with Crippen LogP contribution in [0.1, 0.15) is 22.8 Å². The molecule has 0 atom stereocenters. The summed E-state index contributed by atoms with van der Waals surface area (Å²) in [6.07, 6.45) is 1.68. The molecule has 1 aromatic heterocycles. The average Bonchev–Trinajstić information content (AvgIpc) is 3.16. The van der Waals surface area contributed by atoms with E-state index < -0.39 is 5.91 Å². The summed E-state index contributed by atoms with van der Waals surface area (Å²) in [6.45, 7) is 2.45. The van der Waals surface area contributed by atoms with Crippen molar-refractivity contribution in [3.63, 3.8) is 0 Å². The van der Waals surface area contributed by atoms with Crippen molar-refractivity contribution < 1.29 is 18.7 Å². The molecule has 2 N–H and O–H groups in total. The number of carbonyl (C=O) groups excluding carboxylic acids is 2. The molecule has 0 aliphatic carbocycles. The summed E-state index contributed by atoms with van der Waals surface area (Å²) in [5, 5.41) is 3.02. The molecule has 0 aliphatic rings. The fraction of sp³-hybridized carbons (Fsp3) is 0.130. The van der Waals surface area contributed by atoms with Crippen molar-refractivity contribution >= 4 is 33.6 Å². The van der Waals surface area contributed by atoms with E-state index in [9.17, 15) is 9.59 Å². The summed E-state index contributed by atoms with van der Waals surface area (Å²) >= 11 is 0. The number of benzene rings is 3. The molecular weight excluding hydrogens is 368 g/mol. The van der Waals surface area contributed by atoms with Crippen LogP contribution in [0.3, 0.4) is 0 Å². The van der Waals surface area contributed by atoms with Crippen LogP contribution in [-0.2, 0) is 11.2 Å². The minimum atomic E-state index is -0.399. The second-order valence-electron chi connectivity index (χ2n) is 6.56. The van der Waals surface area contributed by atoms with Gasteiger partial charge in [0.25, 0.3) is 5.91 Å². The van der Waals surface area contributed by atoms with E-state index in [1.165, 1.54) is 0 Å². The third-order valence-corrected chi connectivity index (χ3v) is 4.63. The van der Waals surface area contributed by atoms with Crippen molar-refractivity contribution in [3.05, 3.63) is 78.1 Å². The number of nitrogens with one attached hydrogen (secondary N) is 2. The number of furan rings is 1. The predicted molar refractivity (Wildman–Crippen MR) is 111 cm³/mol. The molecule has 0 saturated carbocycles. The minimum absolute atomic E-state index is 0.0879. The van der Waals surface area contributed by atoms with E-state index in [2.05, 4.69) is 10.9 Å². The molecule has 3 aromatic carbocycles. The van der Waals surface area contributed by atoms with Gasteiger partial charge in [0.2, 0.25) is 5.91 Å². The first kappa shape index (κ1) is 18.6. The normalized spacial score (nSPS) is 10.8. The third-order valence-electron chi connectivity index (χ3n) is 4.63. The first-order valence-corrected chi connectivity index (χ1v) is 9.35. The number of hydrogen-bond acceptors (Lipinski definition) is 4. The molecular formula is C23H20N2O4. The molecule has 0 fully saturated rings. The van der Waals surface area contributed by atoms with Gasteiger partial charge in [-0.2, -0.15) is 0 Å². The lowest BCUT2D eigenvalue weighted by atomic mass is 10.0. The van der Waals surface area contributed by atoms with Gasteiger partial charge >= 0.3 is 0 Å². The Morgan fingerprint density at radius 3 is 2.55 bits per heavy atom. The topological polar surface area (TPSA) is 80.6 Å². The molecule has 6 nitrogen and oxygen atoms in total. The summed E-state index contributed by atoms with van der Waals surface area (Å²) in [5.41, 5.74) is 6.82. The minimum Gasteiger partial charge on any atom is -0.494 e. The van der Waals surface area contributed by atoms with Gasteiger partial charge in [-0.05, 0) is 48.0 Å². The van der Waals surface area contributed by atoms with E-state index in [4.69, 9.17) is 9.15 Å². The Morgan fingerprint density at radius 2 is 1.76 bits per heavy atom. The Balaban J connectivity index is 1.43. The SMILES string of the molecule is CCOc1ccc(C(=O)NNC(=O)Cc2coc3ccc4ccccc4c23)cc1. The largest absolute Gasteiger partial charge is 0.494 e. The van der Waals surface area contributed by atoms with Crippen molar-refractivity contribution in [2.75, 3.05) is 6.61 Å². The van der Waals surface area contributed by atoms with Gasteiger partial charge in [-0.3, -0.25) is 20.4 Å². The fourth-order valence-corrected chi connectivity index (χ4v) is 3.29. The number of carbonyl (C=O) groups is 2. The van der Waals surface area contributed by atoms with Gasteiger partial charge in [0.05, 0.1) is 19.3 Å². The fourth-order valence-electron chi connectivity index (χ4n) is 3.29. The lowest BCUT2D eigenvalue weighted by Crippen LogP contribution is -2.42. The van der Waals surface area contributed by atoms with E-state index >= 15 is 0 Å². The van der Waals surface area contributed by atoms with Crippen molar-refractivity contribution in [2.24, 2.45) is 0 Å². The highest BCUT2D eigenvalue weighted by atomic mass is 16.5. The van der Waals surface area contributed by atoms with Crippen LogP contribution in [0.5, 0.6) is 5.75 Å². The van der Waals surface area contributed by atoms with Crippen molar-refractivity contribution in [2.45, 2.75) is 13.3 Å². The second-order valence-corrected chi connectivity index (χ2v) is 6.56. The zero-order valence-corrected chi connectivity index (χ0v) is 15.9. The highest BCUT2D eigenvalue weighted by Crippen LogP contribution is 2.30. The quantitative estimate of drug-likeness (QED) is 0.507. The molecule has 6 heteroatoms. The first-order valence-electron chi connectivity index (χ1n) is 9.35. The molecule has 0 saturated heterocycles. The number of fused-ring (bicyclic) bond motifs is 3. The smallest absolute Gasteiger partial charge is 0.269 e. The average molecular weight is 388 g/mol. The maximum atomic E-state index is 12.4. The Bertz CT molecular complexity index is 1180. The van der Waals surface area contributed by atoms with Gasteiger partial charge in [-0.15, -0.1) is 0 Å². The Hall–Kier alpha value is -3.80. The number of ether oxygens (including phenoxy) is 1. The van der Waals surface area contributed by atoms with Crippen LogP contribution in [-0.4, -0.2) is 18.4 Å². The van der Waals surface area contributed by atoms with Gasteiger partial charge in [0.1, 0.15) is 11.3 Å². The van der Waals surface area contributed by atoms with Crippen molar-refractivity contribution in [1.29, 1.82) is 0 Å². The Labute approximate surface area is 167 Å². The first-order chi connectivity index (χ1) is 14.2. The maximum absolute atomic E-state index is 12.4. The highest BCUT2D eigenvalue weighted by molar-refractivity contribution is 6.08. The molecule has 0 aliphatic heterocycles. The van der Waals surface area contributed by atoms with Gasteiger partial charge < -0.3 is 9.15 Å². The van der Waals surface area contributed by atoms with E-state index in [-0.39, 0.29) is 12.3 Å². The lowest BCUT2D eigenvalue weighted by Gasteiger charge is -2.08. The maximum Gasteiger partial charge on any atom is 0.269 e. The van der Waals surface area contributed by atoms with E-state index in [1.54, 1.807) is 30.5 Å². The second kappa shape index (κ2) is 8.06. The van der Waals surface area contributed by atoms with Crippen LogP contribution in [0.4, 0.5) is 0 Å². The third kappa shape index (κ3) is 3.91. The van der Waals surface area contributed by atoms with Gasteiger partial charge in [-0.25, -0.2) is 0 Å². The molecule has 1 heterocycles. The molecule has 4 aromatic rings. The predicted octanol–water partition coefficient (Wildman–Crippen LogP) is 3.99. The summed E-state index contributed by atoms with van der Waals surface area (Å²) in [6, 6.07) is 18.5. The van der Waals surface area contributed by atoms with Crippen LogP contribution < -0.4 is 15.6 Å².